The smallest absolute Gasteiger partial charge is 0.337 e. The number of aliphatic hydroxyl groups is 1. The first-order chi connectivity index (χ1) is 15.0. The molecule has 1 heterocycles. The van der Waals surface area contributed by atoms with Crippen LogP contribution in [0.2, 0.25) is 0 Å². The van der Waals surface area contributed by atoms with Gasteiger partial charge in [-0.05, 0) is 29.8 Å². The molecule has 0 radical (unpaired) electrons. The molecule has 1 atom stereocenters. The van der Waals surface area contributed by atoms with Crippen molar-refractivity contribution in [2.24, 2.45) is 0 Å². The molecule has 3 aromatic carbocycles. The van der Waals surface area contributed by atoms with Crippen molar-refractivity contribution in [3.8, 4) is 0 Å². The molecule has 1 fully saturated rings. The van der Waals surface area contributed by atoms with E-state index in [0.717, 1.165) is 0 Å². The molecule has 31 heavy (non-hydrogen) atoms. The molecule has 1 unspecified atom stereocenters. The Morgan fingerprint density at radius 3 is 2.00 bits per heavy atom. The summed E-state index contributed by atoms with van der Waals surface area (Å²) in [5.74, 6) is -2.26. The minimum Gasteiger partial charge on any atom is -0.507 e. The van der Waals surface area contributed by atoms with Crippen LogP contribution in [0.3, 0.4) is 0 Å². The first-order valence-corrected chi connectivity index (χ1v) is 9.62. The quantitative estimate of drug-likeness (QED) is 0.301. The molecule has 0 aromatic heterocycles. The molecule has 6 nitrogen and oxygen atoms in total. The zero-order valence-electron chi connectivity index (χ0n) is 16.7. The van der Waals surface area contributed by atoms with E-state index in [0.29, 0.717) is 22.4 Å². The lowest BCUT2D eigenvalue weighted by molar-refractivity contribution is -0.132. The topological polar surface area (TPSA) is 83.9 Å². The van der Waals surface area contributed by atoms with E-state index in [9.17, 15) is 19.5 Å². The molecule has 0 aliphatic carbocycles. The van der Waals surface area contributed by atoms with E-state index in [1.54, 1.807) is 66.7 Å². The fourth-order valence-corrected chi connectivity index (χ4v) is 3.68. The van der Waals surface area contributed by atoms with Crippen LogP contribution in [0.15, 0.2) is 90.5 Å². The van der Waals surface area contributed by atoms with Crippen LogP contribution in [0, 0.1) is 0 Å². The Hall–Kier alpha value is -4.19. The number of nitrogens with zero attached hydrogens (tertiary/aromatic N) is 1. The molecule has 1 amide bonds. The summed E-state index contributed by atoms with van der Waals surface area (Å²) in [5, 5.41) is 11.0. The standard InChI is InChI=1S/C25H19NO5/c1-31-25(30)18-12-14-19(15-13-18)26-21(16-8-4-2-5-9-16)20(23(28)24(26)29)22(27)17-10-6-3-7-11-17/h2-15,21,27H,1H3/b22-20+. The SMILES string of the molecule is COC(=O)c1ccc(N2C(=O)C(=O)/C(=C(/O)c3ccccc3)C2c2ccccc2)cc1. The van der Waals surface area contributed by atoms with Crippen molar-refractivity contribution >= 4 is 29.1 Å². The van der Waals surface area contributed by atoms with Crippen LogP contribution in [0.25, 0.3) is 5.76 Å². The maximum Gasteiger partial charge on any atom is 0.337 e. The highest BCUT2D eigenvalue weighted by molar-refractivity contribution is 6.51. The van der Waals surface area contributed by atoms with Crippen LogP contribution >= 0.6 is 0 Å². The van der Waals surface area contributed by atoms with Crippen LogP contribution in [0.1, 0.15) is 27.5 Å². The van der Waals surface area contributed by atoms with E-state index in [1.165, 1.54) is 24.1 Å². The molecule has 0 spiro atoms. The van der Waals surface area contributed by atoms with E-state index in [1.807, 2.05) is 6.07 Å². The molecule has 1 aliphatic rings. The number of esters is 1. The summed E-state index contributed by atoms with van der Waals surface area (Å²) in [4.78, 5) is 39.2. The predicted molar refractivity (Wildman–Crippen MR) is 115 cm³/mol. The molecule has 154 valence electrons. The third-order valence-corrected chi connectivity index (χ3v) is 5.17. The summed E-state index contributed by atoms with van der Waals surface area (Å²) in [6, 6.07) is 23.1. The third kappa shape index (κ3) is 3.59. The highest BCUT2D eigenvalue weighted by Gasteiger charge is 2.46. The Bertz CT molecular complexity index is 1170. The Balaban J connectivity index is 1.88. The molecule has 0 bridgehead atoms. The highest BCUT2D eigenvalue weighted by Crippen LogP contribution is 2.42. The first-order valence-electron chi connectivity index (χ1n) is 9.62. The lowest BCUT2D eigenvalue weighted by Gasteiger charge is -2.25. The van der Waals surface area contributed by atoms with Gasteiger partial charge >= 0.3 is 5.97 Å². The van der Waals surface area contributed by atoms with E-state index >= 15 is 0 Å². The minimum absolute atomic E-state index is 0.0134. The molecule has 6 heteroatoms. The summed E-state index contributed by atoms with van der Waals surface area (Å²) in [7, 11) is 1.29. The van der Waals surface area contributed by atoms with Gasteiger partial charge in [0.1, 0.15) is 5.76 Å². The number of carbonyl (C=O) groups excluding carboxylic acids is 3. The van der Waals surface area contributed by atoms with Gasteiger partial charge < -0.3 is 9.84 Å². The minimum atomic E-state index is -0.814. The maximum absolute atomic E-state index is 13.1. The van der Waals surface area contributed by atoms with Gasteiger partial charge in [0.2, 0.25) is 0 Å². The van der Waals surface area contributed by atoms with Crippen molar-refractivity contribution in [1.29, 1.82) is 0 Å². The van der Waals surface area contributed by atoms with E-state index in [2.05, 4.69) is 0 Å². The number of rotatable bonds is 4. The highest BCUT2D eigenvalue weighted by atomic mass is 16.5. The van der Waals surface area contributed by atoms with Crippen LogP contribution in [0.5, 0.6) is 0 Å². The largest absolute Gasteiger partial charge is 0.507 e. The van der Waals surface area contributed by atoms with E-state index in [4.69, 9.17) is 4.74 Å². The summed E-state index contributed by atoms with van der Waals surface area (Å²) < 4.78 is 4.71. The molecule has 4 rings (SSSR count). The lowest BCUT2D eigenvalue weighted by Crippen LogP contribution is -2.29. The van der Waals surface area contributed by atoms with Gasteiger partial charge in [0, 0.05) is 11.3 Å². The van der Waals surface area contributed by atoms with Crippen LogP contribution in [0.4, 0.5) is 5.69 Å². The van der Waals surface area contributed by atoms with Crippen LogP contribution in [-0.2, 0) is 14.3 Å². The number of benzene rings is 3. The number of aliphatic hydroxyl groups excluding tert-OH is 1. The van der Waals surface area contributed by atoms with Gasteiger partial charge in [-0.1, -0.05) is 60.7 Å². The summed E-state index contributed by atoms with van der Waals surface area (Å²) in [6.45, 7) is 0. The number of methoxy groups -OCH3 is 1. The number of carbonyl (C=O) groups is 3. The first kappa shape index (κ1) is 20.1. The number of anilines is 1. The number of ketones is 1. The lowest BCUT2D eigenvalue weighted by atomic mass is 9.95. The van der Waals surface area contributed by atoms with Gasteiger partial charge in [0.15, 0.2) is 0 Å². The number of hydrogen-bond donors (Lipinski definition) is 1. The molecular weight excluding hydrogens is 394 g/mol. The van der Waals surface area contributed by atoms with Crippen molar-refractivity contribution in [1.82, 2.24) is 0 Å². The fourth-order valence-electron chi connectivity index (χ4n) is 3.68. The van der Waals surface area contributed by atoms with Crippen LogP contribution < -0.4 is 4.90 Å². The average molecular weight is 413 g/mol. The van der Waals surface area contributed by atoms with Gasteiger partial charge in [0.05, 0.1) is 24.3 Å². The molecule has 1 aliphatic heterocycles. The van der Waals surface area contributed by atoms with Gasteiger partial charge in [0.25, 0.3) is 11.7 Å². The number of ether oxygens (including phenoxy) is 1. The average Bonchev–Trinajstić information content (AvgIpc) is 3.09. The Kier molecular flexibility index (Phi) is 5.37. The predicted octanol–water partition coefficient (Wildman–Crippen LogP) is 4.10. The van der Waals surface area contributed by atoms with Gasteiger partial charge in [-0.25, -0.2) is 4.79 Å². The molecule has 3 aromatic rings. The molecule has 1 N–H and O–H groups in total. The van der Waals surface area contributed by atoms with Gasteiger partial charge in [-0.3, -0.25) is 14.5 Å². The molecule has 1 saturated heterocycles. The van der Waals surface area contributed by atoms with E-state index < -0.39 is 23.7 Å². The third-order valence-electron chi connectivity index (χ3n) is 5.17. The van der Waals surface area contributed by atoms with Crippen molar-refractivity contribution in [2.45, 2.75) is 6.04 Å². The summed E-state index contributed by atoms with van der Waals surface area (Å²) >= 11 is 0. The monoisotopic (exact) mass is 413 g/mol. The second-order valence-corrected chi connectivity index (χ2v) is 6.98. The second kappa shape index (κ2) is 8.28. The van der Waals surface area contributed by atoms with Crippen LogP contribution in [-0.4, -0.2) is 29.9 Å². The molecule has 0 saturated carbocycles. The second-order valence-electron chi connectivity index (χ2n) is 6.98. The summed E-state index contributed by atoms with van der Waals surface area (Å²) in [5.41, 5.74) is 1.89. The van der Waals surface area contributed by atoms with Crippen molar-refractivity contribution in [3.05, 3.63) is 107 Å². The zero-order chi connectivity index (χ0) is 22.0. The maximum atomic E-state index is 13.1. The van der Waals surface area contributed by atoms with Gasteiger partial charge in [-0.2, -0.15) is 0 Å². The Morgan fingerprint density at radius 2 is 1.42 bits per heavy atom. The van der Waals surface area contributed by atoms with Gasteiger partial charge in [-0.15, -0.1) is 0 Å². The number of hydrogen-bond acceptors (Lipinski definition) is 5. The number of amides is 1. The van der Waals surface area contributed by atoms with Crippen molar-refractivity contribution in [2.75, 3.05) is 12.0 Å². The number of Topliss-reactive ketones (excluding diaryl/α,β-unsaturated/α-hetero) is 1. The van der Waals surface area contributed by atoms with E-state index in [-0.39, 0.29) is 11.3 Å². The fraction of sp³-hybridized carbons (Fsp3) is 0.0800. The zero-order valence-corrected chi connectivity index (χ0v) is 16.7. The normalized spacial score (nSPS) is 17.6. The van der Waals surface area contributed by atoms with Crippen molar-refractivity contribution < 1.29 is 24.2 Å². The summed E-state index contributed by atoms with van der Waals surface area (Å²) in [6.07, 6.45) is 0. The molecular formula is C25H19NO5. The Morgan fingerprint density at radius 1 is 0.839 bits per heavy atom. The Labute approximate surface area is 179 Å². The van der Waals surface area contributed by atoms with Crippen molar-refractivity contribution in [3.63, 3.8) is 0 Å².